The van der Waals surface area contributed by atoms with E-state index in [1.54, 1.807) is 11.3 Å². The summed E-state index contributed by atoms with van der Waals surface area (Å²) in [6.07, 6.45) is 0.929. The van der Waals surface area contributed by atoms with Crippen molar-refractivity contribution in [2.75, 3.05) is 19.7 Å². The molecule has 2 rings (SSSR count). The normalized spacial score (nSPS) is 11.7. The zero-order valence-corrected chi connectivity index (χ0v) is 14.6. The summed E-state index contributed by atoms with van der Waals surface area (Å²) in [5.41, 5.74) is 7.08. The van der Waals surface area contributed by atoms with E-state index >= 15 is 0 Å². The molecule has 0 saturated heterocycles. The van der Waals surface area contributed by atoms with Crippen LogP contribution in [-0.4, -0.2) is 25.7 Å². The van der Waals surface area contributed by atoms with Gasteiger partial charge in [0.15, 0.2) is 5.96 Å². The van der Waals surface area contributed by atoms with Gasteiger partial charge in [0.05, 0.1) is 6.54 Å². The summed E-state index contributed by atoms with van der Waals surface area (Å²) >= 11 is 1.75. The smallest absolute Gasteiger partial charge is 0.188 e. The van der Waals surface area contributed by atoms with Gasteiger partial charge in [0.25, 0.3) is 0 Å². The molecule has 0 atom stereocenters. The summed E-state index contributed by atoms with van der Waals surface area (Å²) in [4.78, 5) is 5.65. The van der Waals surface area contributed by atoms with Gasteiger partial charge >= 0.3 is 0 Å². The fraction of sp³-hybridized carbons (Fsp3) is 0.389. The number of para-hydroxylation sites is 1. The van der Waals surface area contributed by atoms with Crippen LogP contribution in [0.25, 0.3) is 0 Å². The number of rotatable bonds is 8. The Bertz CT molecular complexity index is 608. The van der Waals surface area contributed by atoms with Crippen molar-refractivity contribution in [3.05, 3.63) is 52.2 Å². The Kier molecular flexibility index (Phi) is 6.94. The van der Waals surface area contributed by atoms with Gasteiger partial charge < -0.3 is 15.8 Å². The predicted octanol–water partition coefficient (Wildman–Crippen LogP) is 3.40. The number of hydrogen-bond donors (Lipinski definition) is 2. The molecule has 1 aromatic heterocycles. The Labute approximate surface area is 142 Å². The van der Waals surface area contributed by atoms with Crippen molar-refractivity contribution in [1.82, 2.24) is 5.32 Å². The number of ether oxygens (including phenoxy) is 1. The van der Waals surface area contributed by atoms with Crippen molar-refractivity contribution in [2.45, 2.75) is 26.2 Å². The minimum Gasteiger partial charge on any atom is -0.491 e. The molecule has 1 aromatic carbocycles. The summed E-state index contributed by atoms with van der Waals surface area (Å²) in [5.74, 6) is 1.86. The van der Waals surface area contributed by atoms with E-state index in [-0.39, 0.29) is 0 Å². The summed E-state index contributed by atoms with van der Waals surface area (Å²) in [5, 5.41) is 5.16. The van der Waals surface area contributed by atoms with E-state index in [4.69, 9.17) is 10.5 Å². The summed E-state index contributed by atoms with van der Waals surface area (Å²) in [6, 6.07) is 12.3. The van der Waals surface area contributed by atoms with Gasteiger partial charge in [0.2, 0.25) is 0 Å². The Morgan fingerprint density at radius 3 is 2.83 bits per heavy atom. The standard InChI is InChI=1S/C18H25N3OS/c1-14(2)16-7-3-4-8-17(16)22-12-11-21-18(19)20-10-9-15-6-5-13-23-15/h3-8,13-14H,9-12H2,1-2H3,(H3,19,20,21). The van der Waals surface area contributed by atoms with E-state index < -0.39 is 0 Å². The first-order valence-electron chi connectivity index (χ1n) is 7.94. The molecule has 124 valence electrons. The first-order valence-corrected chi connectivity index (χ1v) is 8.82. The molecule has 0 aliphatic carbocycles. The second-order valence-electron chi connectivity index (χ2n) is 5.56. The van der Waals surface area contributed by atoms with Crippen molar-refractivity contribution < 1.29 is 4.74 Å². The largest absolute Gasteiger partial charge is 0.491 e. The van der Waals surface area contributed by atoms with Gasteiger partial charge in [-0.1, -0.05) is 38.1 Å². The van der Waals surface area contributed by atoms with E-state index in [2.05, 4.69) is 47.7 Å². The highest BCUT2D eigenvalue weighted by molar-refractivity contribution is 7.09. The minimum absolute atomic E-state index is 0.447. The number of guanidine groups is 1. The van der Waals surface area contributed by atoms with E-state index in [9.17, 15) is 0 Å². The van der Waals surface area contributed by atoms with Crippen LogP contribution in [0.4, 0.5) is 0 Å². The molecule has 0 aliphatic rings. The minimum atomic E-state index is 0.447. The lowest BCUT2D eigenvalue weighted by Crippen LogP contribution is -2.35. The number of nitrogens with zero attached hydrogens (tertiary/aromatic N) is 1. The molecule has 5 heteroatoms. The van der Waals surface area contributed by atoms with E-state index in [0.29, 0.717) is 31.6 Å². The Morgan fingerprint density at radius 1 is 1.26 bits per heavy atom. The number of nitrogens with two attached hydrogens (primary N) is 1. The van der Waals surface area contributed by atoms with Gasteiger partial charge in [-0.15, -0.1) is 11.3 Å². The topological polar surface area (TPSA) is 59.6 Å². The molecule has 0 spiro atoms. The van der Waals surface area contributed by atoms with E-state index in [1.165, 1.54) is 10.4 Å². The number of thiophene rings is 1. The maximum absolute atomic E-state index is 5.86. The average Bonchev–Trinajstić information content (AvgIpc) is 3.05. The summed E-state index contributed by atoms with van der Waals surface area (Å²) in [6.45, 7) is 6.24. The Balaban J connectivity index is 1.68. The fourth-order valence-electron chi connectivity index (χ4n) is 2.23. The van der Waals surface area contributed by atoms with Crippen molar-refractivity contribution in [3.63, 3.8) is 0 Å². The third-order valence-corrected chi connectivity index (χ3v) is 4.36. The van der Waals surface area contributed by atoms with Gasteiger partial charge in [-0.25, -0.2) is 0 Å². The SMILES string of the molecule is CC(C)c1ccccc1OCCNC(N)=NCCc1cccs1. The summed E-state index contributed by atoms with van der Waals surface area (Å²) in [7, 11) is 0. The van der Waals surface area contributed by atoms with Crippen molar-refractivity contribution in [1.29, 1.82) is 0 Å². The van der Waals surface area contributed by atoms with E-state index in [0.717, 1.165) is 12.2 Å². The predicted molar refractivity (Wildman–Crippen MR) is 98.5 cm³/mol. The van der Waals surface area contributed by atoms with Gasteiger partial charge in [-0.2, -0.15) is 0 Å². The van der Waals surface area contributed by atoms with Crippen LogP contribution in [0.3, 0.4) is 0 Å². The van der Waals surface area contributed by atoms with E-state index in [1.807, 2.05) is 18.2 Å². The number of nitrogens with one attached hydrogen (secondary N) is 1. The van der Waals surface area contributed by atoms with Crippen LogP contribution in [0, 0.1) is 0 Å². The van der Waals surface area contributed by atoms with Gasteiger partial charge in [-0.3, -0.25) is 4.99 Å². The molecular weight excluding hydrogens is 306 g/mol. The quantitative estimate of drug-likeness (QED) is 0.443. The monoisotopic (exact) mass is 331 g/mol. The van der Waals surface area contributed by atoms with Crippen molar-refractivity contribution in [2.24, 2.45) is 10.7 Å². The van der Waals surface area contributed by atoms with Gasteiger partial charge in [-0.05, 0) is 29.0 Å². The van der Waals surface area contributed by atoms with Crippen molar-refractivity contribution >= 4 is 17.3 Å². The molecule has 0 unspecified atom stereocenters. The number of benzene rings is 1. The number of hydrogen-bond acceptors (Lipinski definition) is 3. The molecule has 23 heavy (non-hydrogen) atoms. The maximum Gasteiger partial charge on any atom is 0.188 e. The molecule has 0 fully saturated rings. The lowest BCUT2D eigenvalue weighted by atomic mass is 10.0. The fourth-order valence-corrected chi connectivity index (χ4v) is 2.92. The highest BCUT2D eigenvalue weighted by atomic mass is 32.1. The van der Waals surface area contributed by atoms with Crippen LogP contribution >= 0.6 is 11.3 Å². The highest BCUT2D eigenvalue weighted by Crippen LogP contribution is 2.25. The highest BCUT2D eigenvalue weighted by Gasteiger charge is 2.06. The first-order chi connectivity index (χ1) is 11.2. The van der Waals surface area contributed by atoms with Crippen LogP contribution in [0.2, 0.25) is 0 Å². The van der Waals surface area contributed by atoms with Crippen LogP contribution < -0.4 is 15.8 Å². The Hall–Kier alpha value is -2.01. The molecule has 3 N–H and O–H groups in total. The average molecular weight is 331 g/mol. The summed E-state index contributed by atoms with van der Waals surface area (Å²) < 4.78 is 5.84. The van der Waals surface area contributed by atoms with Gasteiger partial charge in [0.1, 0.15) is 12.4 Å². The second kappa shape index (κ2) is 9.20. The number of aliphatic imine (C=N–C) groups is 1. The van der Waals surface area contributed by atoms with Crippen LogP contribution in [-0.2, 0) is 6.42 Å². The molecule has 0 aliphatic heterocycles. The molecular formula is C18H25N3OS. The zero-order valence-electron chi connectivity index (χ0n) is 13.8. The van der Waals surface area contributed by atoms with Crippen LogP contribution in [0.1, 0.15) is 30.2 Å². The van der Waals surface area contributed by atoms with Gasteiger partial charge in [0, 0.05) is 17.8 Å². The maximum atomic E-state index is 5.86. The Morgan fingerprint density at radius 2 is 2.09 bits per heavy atom. The molecule has 2 aromatic rings. The molecule has 0 radical (unpaired) electrons. The molecule has 0 amide bonds. The molecule has 0 bridgehead atoms. The third-order valence-electron chi connectivity index (χ3n) is 3.43. The first kappa shape index (κ1) is 17.3. The molecule has 1 heterocycles. The second-order valence-corrected chi connectivity index (χ2v) is 6.60. The zero-order chi connectivity index (χ0) is 16.5. The lowest BCUT2D eigenvalue weighted by molar-refractivity contribution is 0.318. The van der Waals surface area contributed by atoms with Crippen LogP contribution in [0.5, 0.6) is 5.75 Å². The van der Waals surface area contributed by atoms with Crippen molar-refractivity contribution in [3.8, 4) is 5.75 Å². The third kappa shape index (κ3) is 5.94. The molecule has 4 nitrogen and oxygen atoms in total. The molecule has 0 saturated carbocycles. The lowest BCUT2D eigenvalue weighted by Gasteiger charge is -2.14. The van der Waals surface area contributed by atoms with Crippen LogP contribution in [0.15, 0.2) is 46.8 Å².